The molecular formula is C13H12F3NO. The van der Waals surface area contributed by atoms with E-state index in [0.29, 0.717) is 0 Å². The fourth-order valence-corrected chi connectivity index (χ4v) is 2.18. The largest absolute Gasteiger partial charge is 0.471 e. The zero-order valence-electron chi connectivity index (χ0n) is 9.57. The molecule has 0 saturated carbocycles. The van der Waals surface area contributed by atoms with E-state index in [0.717, 1.165) is 16.0 Å². The van der Waals surface area contributed by atoms with Crippen molar-refractivity contribution in [1.29, 1.82) is 0 Å². The maximum Gasteiger partial charge on any atom is 0.471 e. The number of carbonyl (C=O) groups excluding carboxylic acids is 1. The van der Waals surface area contributed by atoms with Gasteiger partial charge in [-0.15, -0.1) is 6.58 Å². The van der Waals surface area contributed by atoms with Crippen molar-refractivity contribution >= 4 is 5.91 Å². The van der Waals surface area contributed by atoms with Crippen LogP contribution in [0.2, 0.25) is 0 Å². The van der Waals surface area contributed by atoms with E-state index >= 15 is 0 Å². The molecule has 0 bridgehead atoms. The standard InChI is InChI=1S/C13H12F3NO/c1-2-9-7-17(12(18)13(14,15)16)8-10-5-3-4-6-11(9)10/h2-6,9H,1,7-8H2. The zero-order chi connectivity index (χ0) is 13.3. The average Bonchev–Trinajstić information content (AvgIpc) is 2.35. The molecule has 0 aromatic heterocycles. The molecule has 18 heavy (non-hydrogen) atoms. The highest BCUT2D eigenvalue weighted by atomic mass is 19.4. The van der Waals surface area contributed by atoms with Crippen LogP contribution in [0.4, 0.5) is 13.2 Å². The van der Waals surface area contributed by atoms with Gasteiger partial charge in [-0.1, -0.05) is 30.3 Å². The van der Waals surface area contributed by atoms with Crippen molar-refractivity contribution in [2.24, 2.45) is 0 Å². The van der Waals surface area contributed by atoms with E-state index in [9.17, 15) is 18.0 Å². The van der Waals surface area contributed by atoms with E-state index < -0.39 is 12.1 Å². The number of benzene rings is 1. The van der Waals surface area contributed by atoms with Crippen molar-refractivity contribution in [2.75, 3.05) is 6.54 Å². The summed E-state index contributed by atoms with van der Waals surface area (Å²) in [7, 11) is 0. The molecule has 0 fully saturated rings. The Labute approximate surface area is 103 Å². The normalized spacial score (nSPS) is 19.3. The second kappa shape index (κ2) is 4.48. The van der Waals surface area contributed by atoms with E-state index in [1.54, 1.807) is 18.2 Å². The summed E-state index contributed by atoms with van der Waals surface area (Å²) in [5.74, 6) is -2.04. The predicted octanol–water partition coefficient (Wildman–Crippen LogP) is 2.86. The lowest BCUT2D eigenvalue weighted by Gasteiger charge is -2.33. The van der Waals surface area contributed by atoms with Crippen molar-refractivity contribution in [3.8, 4) is 0 Å². The number of nitrogens with zero attached hydrogens (tertiary/aromatic N) is 1. The molecule has 1 heterocycles. The first-order valence-corrected chi connectivity index (χ1v) is 5.50. The topological polar surface area (TPSA) is 20.3 Å². The van der Waals surface area contributed by atoms with Gasteiger partial charge in [0.15, 0.2) is 0 Å². The van der Waals surface area contributed by atoms with Gasteiger partial charge in [-0.05, 0) is 11.1 Å². The SMILES string of the molecule is C=CC1CN(C(=O)C(F)(F)F)Cc2ccccc21. The molecule has 0 radical (unpaired) electrons. The smallest absolute Gasteiger partial charge is 0.330 e. The molecule has 2 nitrogen and oxygen atoms in total. The van der Waals surface area contributed by atoms with E-state index in [2.05, 4.69) is 6.58 Å². The van der Waals surface area contributed by atoms with E-state index in [1.165, 1.54) is 0 Å². The molecule has 0 aliphatic carbocycles. The van der Waals surface area contributed by atoms with Crippen molar-refractivity contribution < 1.29 is 18.0 Å². The highest BCUT2D eigenvalue weighted by Crippen LogP contribution is 2.31. The number of amides is 1. The number of hydrogen-bond acceptors (Lipinski definition) is 1. The third-order valence-electron chi connectivity index (χ3n) is 3.05. The van der Waals surface area contributed by atoms with E-state index in [1.807, 2.05) is 12.1 Å². The molecule has 1 amide bonds. The van der Waals surface area contributed by atoms with Gasteiger partial charge in [0.25, 0.3) is 0 Å². The average molecular weight is 255 g/mol. The quantitative estimate of drug-likeness (QED) is 0.707. The minimum Gasteiger partial charge on any atom is -0.330 e. The molecule has 0 saturated heterocycles. The third kappa shape index (κ3) is 2.25. The van der Waals surface area contributed by atoms with Crippen molar-refractivity contribution in [3.63, 3.8) is 0 Å². The minimum absolute atomic E-state index is 0.00113. The minimum atomic E-state index is -4.82. The van der Waals surface area contributed by atoms with Gasteiger partial charge in [0.05, 0.1) is 0 Å². The summed E-state index contributed by atoms with van der Waals surface area (Å²) < 4.78 is 37.3. The molecule has 1 aliphatic heterocycles. The number of carbonyl (C=O) groups is 1. The fraction of sp³-hybridized carbons (Fsp3) is 0.308. The molecule has 1 aliphatic rings. The molecule has 1 aromatic rings. The number of alkyl halides is 3. The van der Waals surface area contributed by atoms with Gasteiger partial charge in [0, 0.05) is 19.0 Å². The first kappa shape index (κ1) is 12.7. The molecule has 1 aromatic carbocycles. The number of halogens is 3. The van der Waals surface area contributed by atoms with Gasteiger partial charge in [-0.25, -0.2) is 0 Å². The Bertz CT molecular complexity index is 481. The first-order valence-electron chi connectivity index (χ1n) is 5.50. The van der Waals surface area contributed by atoms with Crippen LogP contribution in [0.5, 0.6) is 0 Å². The lowest BCUT2D eigenvalue weighted by Crippen LogP contribution is -2.44. The molecule has 2 rings (SSSR count). The van der Waals surface area contributed by atoms with Gasteiger partial charge in [-0.2, -0.15) is 13.2 Å². The number of hydrogen-bond donors (Lipinski definition) is 0. The van der Waals surface area contributed by atoms with Crippen LogP contribution in [0, 0.1) is 0 Å². The Morgan fingerprint density at radius 3 is 2.67 bits per heavy atom. The van der Waals surface area contributed by atoms with Crippen molar-refractivity contribution in [1.82, 2.24) is 4.90 Å². The molecule has 1 atom stereocenters. The fourth-order valence-electron chi connectivity index (χ4n) is 2.18. The zero-order valence-corrected chi connectivity index (χ0v) is 9.57. The predicted molar refractivity (Wildman–Crippen MR) is 60.9 cm³/mol. The highest BCUT2D eigenvalue weighted by Gasteiger charge is 2.44. The Hall–Kier alpha value is -1.78. The summed E-state index contributed by atoms with van der Waals surface area (Å²) in [6.07, 6.45) is -3.24. The molecular weight excluding hydrogens is 243 g/mol. The second-order valence-corrected chi connectivity index (χ2v) is 4.22. The van der Waals surface area contributed by atoms with E-state index in [4.69, 9.17) is 0 Å². The summed E-state index contributed by atoms with van der Waals surface area (Å²) in [4.78, 5) is 12.1. The van der Waals surface area contributed by atoms with Crippen molar-refractivity contribution in [2.45, 2.75) is 18.6 Å². The van der Waals surface area contributed by atoms with Crippen LogP contribution in [0.3, 0.4) is 0 Å². The maximum atomic E-state index is 12.4. The molecule has 0 N–H and O–H groups in total. The summed E-state index contributed by atoms with van der Waals surface area (Å²) in [5, 5.41) is 0. The van der Waals surface area contributed by atoms with Crippen LogP contribution in [0.25, 0.3) is 0 Å². The lowest BCUT2D eigenvalue weighted by atomic mass is 9.90. The Morgan fingerprint density at radius 1 is 1.39 bits per heavy atom. The lowest BCUT2D eigenvalue weighted by molar-refractivity contribution is -0.186. The van der Waals surface area contributed by atoms with E-state index in [-0.39, 0.29) is 19.0 Å². The highest BCUT2D eigenvalue weighted by molar-refractivity contribution is 5.82. The Morgan fingerprint density at radius 2 is 2.06 bits per heavy atom. The molecule has 1 unspecified atom stereocenters. The van der Waals surface area contributed by atoms with Crippen LogP contribution < -0.4 is 0 Å². The van der Waals surface area contributed by atoms with Gasteiger partial charge < -0.3 is 4.90 Å². The van der Waals surface area contributed by atoms with Gasteiger partial charge in [0.1, 0.15) is 0 Å². The van der Waals surface area contributed by atoms with Crippen LogP contribution in [0.1, 0.15) is 17.0 Å². The Kier molecular flexibility index (Phi) is 3.15. The summed E-state index contributed by atoms with van der Waals surface area (Å²) >= 11 is 0. The van der Waals surface area contributed by atoms with Gasteiger partial charge >= 0.3 is 12.1 Å². The van der Waals surface area contributed by atoms with Crippen molar-refractivity contribution in [3.05, 3.63) is 48.0 Å². The number of rotatable bonds is 1. The van der Waals surface area contributed by atoms with Crippen LogP contribution in [-0.2, 0) is 11.3 Å². The summed E-state index contributed by atoms with van der Waals surface area (Å²) in [6, 6.07) is 7.18. The second-order valence-electron chi connectivity index (χ2n) is 4.22. The molecule has 5 heteroatoms. The van der Waals surface area contributed by atoms with Gasteiger partial charge in [-0.3, -0.25) is 4.79 Å². The van der Waals surface area contributed by atoms with Gasteiger partial charge in [0.2, 0.25) is 0 Å². The van der Waals surface area contributed by atoms with Crippen LogP contribution in [-0.4, -0.2) is 23.5 Å². The summed E-state index contributed by atoms with van der Waals surface area (Å²) in [6.45, 7) is 3.65. The van der Waals surface area contributed by atoms with Crippen LogP contribution in [0.15, 0.2) is 36.9 Å². The molecule has 96 valence electrons. The molecule has 0 spiro atoms. The Balaban J connectivity index is 2.31. The monoisotopic (exact) mass is 255 g/mol. The first-order chi connectivity index (χ1) is 8.43. The third-order valence-corrected chi connectivity index (χ3v) is 3.05. The maximum absolute atomic E-state index is 12.4. The number of fused-ring (bicyclic) bond motifs is 1. The van der Waals surface area contributed by atoms with Crippen LogP contribution >= 0.6 is 0 Å². The summed E-state index contributed by atoms with van der Waals surface area (Å²) in [5.41, 5.74) is 1.69.